The molecule has 5 aliphatic rings. The lowest BCUT2D eigenvalue weighted by molar-refractivity contribution is -0.135. The van der Waals surface area contributed by atoms with Crippen LogP contribution in [0.1, 0.15) is 47.8 Å². The van der Waals surface area contributed by atoms with E-state index in [1.807, 2.05) is 31.3 Å². The minimum absolute atomic E-state index is 0.0651. The Kier molecular flexibility index (Phi) is 9.08. The Labute approximate surface area is 334 Å². The lowest BCUT2D eigenvalue weighted by atomic mass is 10.1. The van der Waals surface area contributed by atoms with Crippen LogP contribution in [0.4, 0.5) is 28.6 Å². The molecule has 10 rings (SSSR count). The monoisotopic (exact) mass is 788 g/mol. The van der Waals surface area contributed by atoms with Gasteiger partial charge in [-0.1, -0.05) is 6.07 Å². The van der Waals surface area contributed by atoms with Crippen LogP contribution in [0.3, 0.4) is 0 Å². The molecule has 302 valence electrons. The number of aromatic nitrogens is 5. The molecule has 17 heteroatoms. The highest BCUT2D eigenvalue weighted by Crippen LogP contribution is 2.40. The summed E-state index contributed by atoms with van der Waals surface area (Å²) in [5.74, 6) is -0.117. The number of rotatable bonds is 9. The second-order valence-corrected chi connectivity index (χ2v) is 16.0. The number of piperazine rings is 1. The van der Waals surface area contributed by atoms with Crippen LogP contribution in [0.25, 0.3) is 16.7 Å². The molecular formula is C41H48N12O5. The van der Waals surface area contributed by atoms with Crippen molar-refractivity contribution in [3.63, 3.8) is 0 Å². The maximum Gasteiger partial charge on any atom is 0.329 e. The van der Waals surface area contributed by atoms with Crippen LogP contribution in [-0.2, 0) is 27.8 Å². The number of nitrogens with one attached hydrogen (secondary N) is 3. The van der Waals surface area contributed by atoms with E-state index in [2.05, 4.69) is 58.7 Å². The molecule has 1 aliphatic carbocycles. The predicted octanol–water partition coefficient (Wildman–Crippen LogP) is 2.02. The molecule has 2 atom stereocenters. The van der Waals surface area contributed by atoms with E-state index in [4.69, 9.17) is 9.84 Å². The Morgan fingerprint density at radius 3 is 2.55 bits per heavy atom. The first-order valence-electron chi connectivity index (χ1n) is 20.4. The first-order chi connectivity index (χ1) is 28.2. The number of fused-ring (bicyclic) bond motifs is 3. The van der Waals surface area contributed by atoms with Crippen LogP contribution < -0.4 is 36.3 Å². The number of benzene rings is 2. The van der Waals surface area contributed by atoms with Crippen molar-refractivity contribution in [3.05, 3.63) is 70.4 Å². The largest absolute Gasteiger partial charge is 0.385 e. The molecular weight excluding hydrogens is 741 g/mol. The Bertz CT molecular complexity index is 2510. The summed E-state index contributed by atoms with van der Waals surface area (Å²) in [6, 6.07) is 14.0. The first kappa shape index (κ1) is 36.4. The van der Waals surface area contributed by atoms with Gasteiger partial charge in [-0.25, -0.2) is 14.3 Å². The minimum atomic E-state index is -0.701. The van der Waals surface area contributed by atoms with E-state index in [0.717, 1.165) is 100 Å². The van der Waals surface area contributed by atoms with Gasteiger partial charge in [0.15, 0.2) is 17.2 Å². The van der Waals surface area contributed by atoms with Crippen molar-refractivity contribution in [3.8, 4) is 0 Å². The fourth-order valence-electron chi connectivity index (χ4n) is 9.17. The van der Waals surface area contributed by atoms with Gasteiger partial charge in [0.2, 0.25) is 11.8 Å². The zero-order valence-electron chi connectivity index (χ0n) is 32.8. The zero-order chi connectivity index (χ0) is 39.7. The molecule has 0 spiro atoms. The lowest BCUT2D eigenvalue weighted by Gasteiger charge is -2.40. The van der Waals surface area contributed by atoms with E-state index < -0.39 is 11.9 Å². The third-order valence-corrected chi connectivity index (χ3v) is 12.4. The van der Waals surface area contributed by atoms with Gasteiger partial charge in [0, 0.05) is 108 Å². The topological polar surface area (TPSA) is 167 Å². The highest BCUT2D eigenvalue weighted by Gasteiger charge is 2.33. The summed E-state index contributed by atoms with van der Waals surface area (Å²) in [6.07, 6.45) is 5.09. The van der Waals surface area contributed by atoms with Gasteiger partial charge in [-0.2, -0.15) is 0 Å². The first-order valence-corrected chi connectivity index (χ1v) is 20.4. The lowest BCUT2D eigenvalue weighted by Crippen LogP contribution is -2.52. The summed E-state index contributed by atoms with van der Waals surface area (Å²) in [5, 5.41) is 13.7. The second-order valence-electron chi connectivity index (χ2n) is 16.0. The molecule has 1 unspecified atom stereocenters. The van der Waals surface area contributed by atoms with Gasteiger partial charge in [-0.3, -0.25) is 33.7 Å². The van der Waals surface area contributed by atoms with Crippen molar-refractivity contribution in [1.82, 2.24) is 39.3 Å². The highest BCUT2D eigenvalue weighted by atomic mass is 16.5. The van der Waals surface area contributed by atoms with E-state index in [1.54, 1.807) is 22.3 Å². The molecule has 3 aromatic heterocycles. The number of carbonyl (C=O) groups excluding carboxylic acids is 3. The zero-order valence-corrected chi connectivity index (χ0v) is 32.8. The Morgan fingerprint density at radius 2 is 1.76 bits per heavy atom. The molecule has 4 fully saturated rings. The van der Waals surface area contributed by atoms with Gasteiger partial charge in [-0.15, -0.1) is 5.10 Å². The van der Waals surface area contributed by atoms with Crippen molar-refractivity contribution < 1.29 is 19.1 Å². The molecule has 2 aromatic carbocycles. The number of aryl methyl sites for hydroxylation is 1. The van der Waals surface area contributed by atoms with Crippen LogP contribution >= 0.6 is 0 Å². The molecule has 1 saturated carbocycles. The third kappa shape index (κ3) is 6.41. The second kappa shape index (κ2) is 14.5. The Hall–Kier alpha value is -5.94. The number of hydrogen-bond donors (Lipinski definition) is 3. The van der Waals surface area contributed by atoms with Gasteiger partial charge < -0.3 is 30.1 Å². The maximum absolute atomic E-state index is 13.3. The standard InChI is InChI=1S/C41H48N12O5/c1-42-29-21-36(46-53-35(22-43-38(29)53)40(56)44-25-6-7-25)51-13-12-28-30(4-3-5-31(28)51)50-18-19-58-27(24-50)23-48-14-16-49(17-15-48)26-8-9-32-34(20-26)47(2)41(57)52(32)33-10-11-37(54)45-39(33)55/h3-5,8-9,20-22,25,27,33,42H,6-7,10-19,23-24H2,1-2H3,(H,44,56)(H,45,54,55)/t27-,33?/m0/s1. The van der Waals surface area contributed by atoms with Gasteiger partial charge in [0.25, 0.3) is 5.91 Å². The summed E-state index contributed by atoms with van der Waals surface area (Å²) in [6.45, 7) is 7.34. The van der Waals surface area contributed by atoms with Crippen LogP contribution in [0.15, 0.2) is 53.5 Å². The van der Waals surface area contributed by atoms with Crippen LogP contribution in [0, 0.1) is 0 Å². The average Bonchev–Trinajstić information content (AvgIpc) is 3.67. The molecule has 5 aromatic rings. The van der Waals surface area contributed by atoms with E-state index in [0.29, 0.717) is 29.9 Å². The fourth-order valence-corrected chi connectivity index (χ4v) is 9.17. The van der Waals surface area contributed by atoms with E-state index >= 15 is 0 Å². The van der Waals surface area contributed by atoms with Gasteiger partial charge >= 0.3 is 5.69 Å². The number of amides is 3. The van der Waals surface area contributed by atoms with Gasteiger partial charge in [0.1, 0.15) is 6.04 Å². The highest BCUT2D eigenvalue weighted by molar-refractivity contribution is 6.00. The van der Waals surface area contributed by atoms with E-state index in [-0.39, 0.29) is 36.1 Å². The predicted molar refractivity (Wildman–Crippen MR) is 219 cm³/mol. The summed E-state index contributed by atoms with van der Waals surface area (Å²) in [7, 11) is 3.59. The van der Waals surface area contributed by atoms with Crippen molar-refractivity contribution in [1.29, 1.82) is 0 Å². The SMILES string of the molecule is CNc1cc(N2CCc3c(N4CCO[C@@H](CN5CCN(c6ccc7c(c6)n(C)c(=O)n7C6CCC(=O)NC6=O)CC5)C4)cccc32)nn2c(C(=O)NC3CC3)cnc12. The molecule has 17 nitrogen and oxygen atoms in total. The molecule has 7 heterocycles. The number of piperidine rings is 1. The molecule has 0 radical (unpaired) electrons. The summed E-state index contributed by atoms with van der Waals surface area (Å²) < 4.78 is 11.1. The fraction of sp³-hybridized carbons (Fsp3) is 0.463. The number of ether oxygens (including phenoxy) is 1. The van der Waals surface area contributed by atoms with Gasteiger partial charge in [-0.05, 0) is 56.0 Å². The number of nitrogens with zero attached hydrogens (tertiary/aromatic N) is 9. The van der Waals surface area contributed by atoms with Crippen molar-refractivity contribution in [2.45, 2.75) is 50.3 Å². The van der Waals surface area contributed by atoms with Crippen molar-refractivity contribution in [2.75, 3.05) is 86.0 Å². The quantitative estimate of drug-likeness (QED) is 0.187. The Morgan fingerprint density at radius 1 is 0.931 bits per heavy atom. The number of imidazole rings is 2. The minimum Gasteiger partial charge on any atom is -0.385 e. The average molecular weight is 789 g/mol. The number of morpholine rings is 1. The summed E-state index contributed by atoms with van der Waals surface area (Å²) in [5.41, 5.74) is 7.76. The Balaban J connectivity index is 0.804. The number of anilines is 5. The molecule has 58 heavy (non-hydrogen) atoms. The number of hydrogen-bond acceptors (Lipinski definition) is 12. The van der Waals surface area contributed by atoms with Gasteiger partial charge in [0.05, 0.1) is 35.6 Å². The number of imide groups is 1. The molecule has 0 bridgehead atoms. The maximum atomic E-state index is 13.3. The normalized spacial score (nSPS) is 21.5. The van der Waals surface area contributed by atoms with Crippen molar-refractivity contribution in [2.24, 2.45) is 7.05 Å². The molecule has 3 saturated heterocycles. The summed E-state index contributed by atoms with van der Waals surface area (Å²) >= 11 is 0. The van der Waals surface area contributed by atoms with E-state index in [1.165, 1.54) is 15.8 Å². The molecule has 3 N–H and O–H groups in total. The van der Waals surface area contributed by atoms with Crippen LogP contribution in [-0.4, -0.2) is 125 Å². The number of carbonyl (C=O) groups is 3. The van der Waals surface area contributed by atoms with Crippen LogP contribution in [0.5, 0.6) is 0 Å². The van der Waals surface area contributed by atoms with Crippen LogP contribution in [0.2, 0.25) is 0 Å². The third-order valence-electron chi connectivity index (χ3n) is 12.4. The van der Waals surface area contributed by atoms with E-state index in [9.17, 15) is 19.2 Å². The summed E-state index contributed by atoms with van der Waals surface area (Å²) in [4.78, 5) is 64.8. The molecule has 4 aliphatic heterocycles. The van der Waals surface area contributed by atoms with Crippen molar-refractivity contribution >= 4 is 63.0 Å². The smallest absolute Gasteiger partial charge is 0.329 e. The molecule has 3 amide bonds.